The maximum atomic E-state index is 12.9. The fourth-order valence-electron chi connectivity index (χ4n) is 4.74. The number of halogens is 4. The molecule has 0 radical (unpaired) electrons. The highest BCUT2D eigenvalue weighted by Gasteiger charge is 2.47. The Morgan fingerprint density at radius 3 is 2.54 bits per heavy atom. The summed E-state index contributed by atoms with van der Waals surface area (Å²) in [6.45, 7) is 4.89. The molecule has 192 valence electrons. The Labute approximate surface area is 208 Å². The van der Waals surface area contributed by atoms with Crippen LogP contribution in [0.1, 0.15) is 50.0 Å². The van der Waals surface area contributed by atoms with E-state index in [1.54, 1.807) is 15.6 Å². The first-order valence-corrected chi connectivity index (χ1v) is 12.4. The number of alkyl halides is 3. The molecular formula is C24H31ClF3N5O2. The van der Waals surface area contributed by atoms with E-state index < -0.39 is 12.1 Å². The molecular weight excluding hydrogens is 483 g/mol. The van der Waals surface area contributed by atoms with Crippen molar-refractivity contribution in [1.82, 2.24) is 20.1 Å². The van der Waals surface area contributed by atoms with Gasteiger partial charge in [-0.1, -0.05) is 31.4 Å². The molecule has 4 rings (SSSR count). The Kier molecular flexibility index (Phi) is 7.49. The molecule has 0 bridgehead atoms. The first kappa shape index (κ1) is 25.6. The van der Waals surface area contributed by atoms with Crippen LogP contribution in [-0.2, 0) is 6.54 Å². The van der Waals surface area contributed by atoms with Crippen LogP contribution in [0.25, 0.3) is 11.3 Å². The summed E-state index contributed by atoms with van der Waals surface area (Å²) in [7, 11) is 1.47. The Balaban J connectivity index is 1.53. The molecule has 35 heavy (non-hydrogen) atoms. The van der Waals surface area contributed by atoms with Crippen LogP contribution in [0.4, 0.5) is 19.0 Å². The largest absolute Gasteiger partial charge is 0.496 e. The molecule has 7 nitrogen and oxygen atoms in total. The second kappa shape index (κ2) is 10.2. The summed E-state index contributed by atoms with van der Waals surface area (Å²) in [6.07, 6.45) is 1.84. The molecule has 2 fully saturated rings. The van der Waals surface area contributed by atoms with Crippen molar-refractivity contribution in [3.8, 4) is 17.0 Å². The minimum atomic E-state index is -4.21. The fraction of sp³-hybridized carbons (Fsp3) is 0.625. The number of carbonyl (C=O) groups excluding carboxylic acids is 1. The standard InChI is InChI=1S/C24H31ClF3N5O2/c1-4-33-22(20(25)21(31-33)23(34)30-10-15-7-5-14(2)6-8-15)17-11-29-19(9-18(17)35-3)32-12-16(13-32)24(26,27)28/h9,11,14-16H,4-8,10,12-13H2,1-3H3,(H,30,34). The van der Waals surface area contributed by atoms with Gasteiger partial charge in [-0.15, -0.1) is 0 Å². The molecule has 0 aromatic carbocycles. The van der Waals surface area contributed by atoms with Crippen LogP contribution in [0.3, 0.4) is 0 Å². The van der Waals surface area contributed by atoms with Crippen LogP contribution in [0.5, 0.6) is 5.75 Å². The van der Waals surface area contributed by atoms with E-state index in [9.17, 15) is 18.0 Å². The third-order valence-electron chi connectivity index (χ3n) is 7.09. The van der Waals surface area contributed by atoms with Gasteiger partial charge in [-0.3, -0.25) is 9.48 Å². The number of aryl methyl sites for hydroxylation is 1. The SMILES string of the molecule is CCn1nc(C(=O)NCC2CCC(C)CC2)c(Cl)c1-c1cnc(N2CC(C(F)(F)F)C2)cc1OC. The number of anilines is 1. The van der Waals surface area contributed by atoms with Gasteiger partial charge in [-0.2, -0.15) is 18.3 Å². The van der Waals surface area contributed by atoms with Crippen molar-refractivity contribution in [2.75, 3.05) is 31.6 Å². The lowest BCUT2D eigenvalue weighted by Crippen LogP contribution is -2.53. The van der Waals surface area contributed by atoms with Crippen LogP contribution in [0, 0.1) is 17.8 Å². The summed E-state index contributed by atoms with van der Waals surface area (Å²) in [5, 5.41) is 7.60. The molecule has 1 saturated carbocycles. The molecule has 0 spiro atoms. The molecule has 0 unspecified atom stereocenters. The lowest BCUT2D eigenvalue weighted by Gasteiger charge is -2.41. The second-order valence-electron chi connectivity index (χ2n) is 9.55. The van der Waals surface area contributed by atoms with Crippen molar-refractivity contribution in [3.63, 3.8) is 0 Å². The summed E-state index contributed by atoms with van der Waals surface area (Å²) in [6, 6.07) is 1.59. The van der Waals surface area contributed by atoms with Crippen molar-refractivity contribution in [2.45, 2.75) is 52.3 Å². The number of hydrogen-bond donors (Lipinski definition) is 1. The van der Waals surface area contributed by atoms with E-state index in [1.807, 2.05) is 6.92 Å². The van der Waals surface area contributed by atoms with Crippen molar-refractivity contribution < 1.29 is 22.7 Å². The van der Waals surface area contributed by atoms with Gasteiger partial charge in [0.1, 0.15) is 11.6 Å². The fourth-order valence-corrected chi connectivity index (χ4v) is 5.07. The summed E-state index contributed by atoms with van der Waals surface area (Å²) >= 11 is 6.65. The number of pyridine rings is 1. The van der Waals surface area contributed by atoms with Crippen LogP contribution in [0.15, 0.2) is 12.3 Å². The number of rotatable bonds is 7. The number of methoxy groups -OCH3 is 1. The minimum absolute atomic E-state index is 0.134. The molecule has 1 N–H and O–H groups in total. The van der Waals surface area contributed by atoms with Crippen molar-refractivity contribution in [2.24, 2.45) is 17.8 Å². The van der Waals surface area contributed by atoms with E-state index >= 15 is 0 Å². The van der Waals surface area contributed by atoms with E-state index in [4.69, 9.17) is 16.3 Å². The van der Waals surface area contributed by atoms with Gasteiger partial charge in [-0.05, 0) is 31.6 Å². The van der Waals surface area contributed by atoms with Gasteiger partial charge in [0.05, 0.1) is 29.3 Å². The normalized spacial score (nSPS) is 21.1. The molecule has 1 aliphatic carbocycles. The van der Waals surface area contributed by atoms with Crippen LogP contribution in [-0.4, -0.2) is 53.6 Å². The molecule has 1 saturated heterocycles. The topological polar surface area (TPSA) is 72.3 Å². The summed E-state index contributed by atoms with van der Waals surface area (Å²) in [4.78, 5) is 18.8. The zero-order valence-corrected chi connectivity index (χ0v) is 20.9. The number of ether oxygens (including phenoxy) is 1. The number of aromatic nitrogens is 3. The number of nitrogens with one attached hydrogen (secondary N) is 1. The van der Waals surface area contributed by atoms with Gasteiger partial charge in [-0.25, -0.2) is 4.98 Å². The third-order valence-corrected chi connectivity index (χ3v) is 7.45. The Bertz CT molecular complexity index is 1060. The molecule has 1 aliphatic heterocycles. The highest BCUT2D eigenvalue weighted by Crippen LogP contribution is 2.40. The average Bonchev–Trinajstić information content (AvgIpc) is 3.12. The first-order valence-electron chi connectivity index (χ1n) is 12.0. The monoisotopic (exact) mass is 513 g/mol. The van der Waals surface area contributed by atoms with Gasteiger partial charge in [0, 0.05) is 38.4 Å². The number of carbonyl (C=O) groups is 1. The summed E-state index contributed by atoms with van der Waals surface area (Å²) < 4.78 is 45.7. The predicted octanol–water partition coefficient (Wildman–Crippen LogP) is 5.18. The van der Waals surface area contributed by atoms with Gasteiger partial charge in [0.25, 0.3) is 5.91 Å². The summed E-state index contributed by atoms with van der Waals surface area (Å²) in [5.74, 6) is 0.293. The molecule has 0 atom stereocenters. The van der Waals surface area contributed by atoms with E-state index in [0.29, 0.717) is 41.8 Å². The quantitative estimate of drug-likeness (QED) is 0.552. The first-order chi connectivity index (χ1) is 16.6. The van der Waals surface area contributed by atoms with Crippen LogP contribution >= 0.6 is 11.6 Å². The average molecular weight is 514 g/mol. The van der Waals surface area contributed by atoms with Gasteiger partial charge >= 0.3 is 6.18 Å². The highest BCUT2D eigenvalue weighted by atomic mass is 35.5. The number of amides is 1. The zero-order valence-electron chi connectivity index (χ0n) is 20.2. The van der Waals surface area contributed by atoms with Crippen LogP contribution < -0.4 is 15.0 Å². The maximum absolute atomic E-state index is 12.9. The minimum Gasteiger partial charge on any atom is -0.496 e. The second-order valence-corrected chi connectivity index (χ2v) is 9.93. The molecule has 3 heterocycles. The van der Waals surface area contributed by atoms with E-state index in [0.717, 1.165) is 18.8 Å². The Morgan fingerprint density at radius 1 is 1.26 bits per heavy atom. The lowest BCUT2D eigenvalue weighted by atomic mass is 9.83. The highest BCUT2D eigenvalue weighted by molar-refractivity contribution is 6.36. The van der Waals surface area contributed by atoms with Gasteiger partial charge in [0.15, 0.2) is 5.69 Å². The Hall–Kier alpha value is -2.49. The van der Waals surface area contributed by atoms with Crippen molar-refractivity contribution in [1.29, 1.82) is 0 Å². The number of nitrogens with zero attached hydrogens (tertiary/aromatic N) is 4. The molecule has 11 heteroatoms. The smallest absolute Gasteiger partial charge is 0.395 e. The predicted molar refractivity (Wildman–Crippen MR) is 128 cm³/mol. The van der Waals surface area contributed by atoms with Crippen molar-refractivity contribution >= 4 is 23.3 Å². The van der Waals surface area contributed by atoms with E-state index in [1.165, 1.54) is 26.1 Å². The molecule has 2 aliphatic rings. The van der Waals surface area contributed by atoms with Crippen LogP contribution in [0.2, 0.25) is 5.02 Å². The zero-order chi connectivity index (χ0) is 25.3. The molecule has 2 aromatic heterocycles. The van der Waals surface area contributed by atoms with E-state index in [-0.39, 0.29) is 29.7 Å². The lowest BCUT2D eigenvalue weighted by molar-refractivity contribution is -0.180. The Morgan fingerprint density at radius 2 is 1.94 bits per heavy atom. The molecule has 2 aromatic rings. The van der Waals surface area contributed by atoms with Gasteiger partial charge < -0.3 is 15.0 Å². The van der Waals surface area contributed by atoms with E-state index in [2.05, 4.69) is 22.3 Å². The maximum Gasteiger partial charge on any atom is 0.395 e. The summed E-state index contributed by atoms with van der Waals surface area (Å²) in [5.41, 5.74) is 1.14. The third kappa shape index (κ3) is 5.37. The number of hydrogen-bond acceptors (Lipinski definition) is 5. The molecule has 1 amide bonds. The van der Waals surface area contributed by atoms with Gasteiger partial charge in [0.2, 0.25) is 0 Å². The van der Waals surface area contributed by atoms with Crippen molar-refractivity contribution in [3.05, 3.63) is 23.0 Å².